The van der Waals surface area contributed by atoms with E-state index in [0.29, 0.717) is 6.61 Å². The Hall–Kier alpha value is -1.06. The topological polar surface area (TPSA) is 41.5 Å². The molecular formula is C14H23NO2. The number of nitrogens with one attached hydrogen (secondary N) is 1. The molecule has 0 aromatic heterocycles. The van der Waals surface area contributed by atoms with Gasteiger partial charge in [-0.15, -0.1) is 0 Å². The van der Waals surface area contributed by atoms with Gasteiger partial charge in [-0.1, -0.05) is 19.1 Å². The molecule has 1 aromatic carbocycles. The Bertz CT molecular complexity index is 331. The van der Waals surface area contributed by atoms with Gasteiger partial charge in [0.2, 0.25) is 0 Å². The summed E-state index contributed by atoms with van der Waals surface area (Å²) in [5.41, 5.74) is 0.405. The highest BCUT2D eigenvalue weighted by molar-refractivity contribution is 5.28. The van der Waals surface area contributed by atoms with Crippen molar-refractivity contribution in [3.8, 4) is 5.75 Å². The van der Waals surface area contributed by atoms with Gasteiger partial charge in [0.1, 0.15) is 12.4 Å². The number of hydrogen-bond acceptors (Lipinski definition) is 3. The van der Waals surface area contributed by atoms with Gasteiger partial charge in [0.15, 0.2) is 0 Å². The van der Waals surface area contributed by atoms with E-state index in [2.05, 4.69) is 18.3 Å². The Balaban J connectivity index is 2.48. The molecule has 0 aliphatic carbocycles. The molecule has 0 saturated carbocycles. The SMILES string of the molecule is CCCNCc1cccc(OCC(C)(C)O)c1. The van der Waals surface area contributed by atoms with Gasteiger partial charge in [-0.3, -0.25) is 0 Å². The van der Waals surface area contributed by atoms with Gasteiger partial charge >= 0.3 is 0 Å². The Kier molecular flexibility index (Phi) is 5.45. The van der Waals surface area contributed by atoms with Crippen molar-refractivity contribution in [2.75, 3.05) is 13.2 Å². The molecule has 3 heteroatoms. The van der Waals surface area contributed by atoms with Crippen LogP contribution in [0.5, 0.6) is 5.75 Å². The first-order chi connectivity index (χ1) is 8.01. The maximum absolute atomic E-state index is 9.58. The largest absolute Gasteiger partial charge is 0.491 e. The zero-order chi connectivity index (χ0) is 12.7. The fourth-order valence-corrected chi connectivity index (χ4v) is 1.41. The Morgan fingerprint density at radius 1 is 1.35 bits per heavy atom. The summed E-state index contributed by atoms with van der Waals surface area (Å²) in [5.74, 6) is 0.808. The van der Waals surface area contributed by atoms with Crippen LogP contribution in [0, 0.1) is 0 Å². The highest BCUT2D eigenvalue weighted by Gasteiger charge is 2.13. The first kappa shape index (κ1) is 14.0. The number of rotatable bonds is 7. The van der Waals surface area contributed by atoms with Crippen LogP contribution in [-0.2, 0) is 6.54 Å². The van der Waals surface area contributed by atoms with Crippen LogP contribution in [0.3, 0.4) is 0 Å². The predicted octanol–water partition coefficient (Wildman–Crippen LogP) is 2.34. The van der Waals surface area contributed by atoms with Gasteiger partial charge in [-0.05, 0) is 44.5 Å². The summed E-state index contributed by atoms with van der Waals surface area (Å²) in [7, 11) is 0. The van der Waals surface area contributed by atoms with Gasteiger partial charge in [-0.2, -0.15) is 0 Å². The van der Waals surface area contributed by atoms with Crippen molar-refractivity contribution in [3.63, 3.8) is 0 Å². The van der Waals surface area contributed by atoms with Gasteiger partial charge in [0.25, 0.3) is 0 Å². The highest BCUT2D eigenvalue weighted by atomic mass is 16.5. The van der Waals surface area contributed by atoms with Gasteiger partial charge in [0.05, 0.1) is 5.60 Å². The normalized spacial score (nSPS) is 11.5. The molecule has 0 amide bonds. The lowest BCUT2D eigenvalue weighted by atomic mass is 10.1. The van der Waals surface area contributed by atoms with Crippen LogP contribution in [0.2, 0.25) is 0 Å². The summed E-state index contributed by atoms with van der Waals surface area (Å²) in [6.07, 6.45) is 1.13. The van der Waals surface area contributed by atoms with E-state index in [1.165, 1.54) is 5.56 Å². The van der Waals surface area contributed by atoms with Crippen molar-refractivity contribution in [2.45, 2.75) is 39.3 Å². The second kappa shape index (κ2) is 6.62. The molecule has 0 unspecified atom stereocenters. The van der Waals surface area contributed by atoms with E-state index < -0.39 is 5.60 Å². The standard InChI is InChI=1S/C14H23NO2/c1-4-8-15-10-12-6-5-7-13(9-12)17-11-14(2,3)16/h5-7,9,15-16H,4,8,10-11H2,1-3H3. The monoisotopic (exact) mass is 237 g/mol. The molecule has 0 saturated heterocycles. The second-order valence-corrected chi connectivity index (χ2v) is 4.93. The number of ether oxygens (including phenoxy) is 1. The maximum Gasteiger partial charge on any atom is 0.119 e. The summed E-state index contributed by atoms with van der Waals surface area (Å²) in [6, 6.07) is 7.96. The molecule has 3 nitrogen and oxygen atoms in total. The Morgan fingerprint density at radius 2 is 2.12 bits per heavy atom. The van der Waals surface area contributed by atoms with Crippen LogP contribution in [0.25, 0.3) is 0 Å². The maximum atomic E-state index is 9.58. The Labute approximate surface area is 104 Å². The van der Waals surface area contributed by atoms with Gasteiger partial charge < -0.3 is 15.2 Å². The van der Waals surface area contributed by atoms with Crippen LogP contribution in [0.1, 0.15) is 32.8 Å². The van der Waals surface area contributed by atoms with E-state index in [4.69, 9.17) is 4.74 Å². The minimum absolute atomic E-state index is 0.304. The van der Waals surface area contributed by atoms with Crippen LogP contribution in [-0.4, -0.2) is 23.9 Å². The van der Waals surface area contributed by atoms with Crippen molar-refractivity contribution in [2.24, 2.45) is 0 Å². The molecule has 0 aliphatic rings. The van der Waals surface area contributed by atoms with Crippen molar-refractivity contribution in [1.82, 2.24) is 5.32 Å². The lowest BCUT2D eigenvalue weighted by molar-refractivity contribution is 0.0284. The zero-order valence-corrected chi connectivity index (χ0v) is 11.0. The fraction of sp³-hybridized carbons (Fsp3) is 0.571. The molecule has 1 aromatic rings. The van der Waals surface area contributed by atoms with E-state index in [-0.39, 0.29) is 0 Å². The summed E-state index contributed by atoms with van der Waals surface area (Å²) < 4.78 is 5.54. The smallest absolute Gasteiger partial charge is 0.119 e. The molecule has 0 fully saturated rings. The van der Waals surface area contributed by atoms with Crippen LogP contribution >= 0.6 is 0 Å². The molecular weight excluding hydrogens is 214 g/mol. The molecule has 1 rings (SSSR count). The van der Waals surface area contributed by atoms with Crippen LogP contribution in [0.4, 0.5) is 0 Å². The van der Waals surface area contributed by atoms with Crippen molar-refractivity contribution >= 4 is 0 Å². The molecule has 0 heterocycles. The summed E-state index contributed by atoms with van der Waals surface area (Å²) in [5, 5.41) is 12.9. The summed E-state index contributed by atoms with van der Waals surface area (Å²) >= 11 is 0. The number of aliphatic hydroxyl groups is 1. The summed E-state index contributed by atoms with van der Waals surface area (Å²) in [6.45, 7) is 7.80. The second-order valence-electron chi connectivity index (χ2n) is 4.93. The van der Waals surface area contributed by atoms with Crippen molar-refractivity contribution < 1.29 is 9.84 Å². The minimum Gasteiger partial charge on any atom is -0.491 e. The highest BCUT2D eigenvalue weighted by Crippen LogP contribution is 2.15. The quantitative estimate of drug-likeness (QED) is 0.715. The van der Waals surface area contributed by atoms with Crippen molar-refractivity contribution in [1.29, 1.82) is 0 Å². The molecule has 0 bridgehead atoms. The van der Waals surface area contributed by atoms with Gasteiger partial charge in [0, 0.05) is 6.54 Å². The van der Waals surface area contributed by atoms with E-state index in [0.717, 1.165) is 25.3 Å². The molecule has 17 heavy (non-hydrogen) atoms. The lowest BCUT2D eigenvalue weighted by Gasteiger charge is -2.18. The Morgan fingerprint density at radius 3 is 2.76 bits per heavy atom. The predicted molar refractivity (Wildman–Crippen MR) is 70.2 cm³/mol. The minimum atomic E-state index is -0.795. The van der Waals surface area contributed by atoms with Crippen LogP contribution in [0.15, 0.2) is 24.3 Å². The third-order valence-corrected chi connectivity index (χ3v) is 2.25. The van der Waals surface area contributed by atoms with Crippen molar-refractivity contribution in [3.05, 3.63) is 29.8 Å². The van der Waals surface area contributed by atoms with E-state index in [9.17, 15) is 5.11 Å². The first-order valence-electron chi connectivity index (χ1n) is 6.16. The zero-order valence-electron chi connectivity index (χ0n) is 11.0. The number of hydrogen-bond donors (Lipinski definition) is 2. The van der Waals surface area contributed by atoms with E-state index in [1.807, 2.05) is 18.2 Å². The summed E-state index contributed by atoms with van der Waals surface area (Å²) in [4.78, 5) is 0. The molecule has 0 atom stereocenters. The molecule has 2 N–H and O–H groups in total. The first-order valence-corrected chi connectivity index (χ1v) is 6.16. The third kappa shape index (κ3) is 6.29. The van der Waals surface area contributed by atoms with E-state index >= 15 is 0 Å². The molecule has 0 spiro atoms. The van der Waals surface area contributed by atoms with Gasteiger partial charge in [-0.25, -0.2) is 0 Å². The number of benzene rings is 1. The average Bonchev–Trinajstić information content (AvgIpc) is 2.27. The molecule has 0 radical (unpaired) electrons. The third-order valence-electron chi connectivity index (χ3n) is 2.25. The van der Waals surface area contributed by atoms with Crippen LogP contribution < -0.4 is 10.1 Å². The average molecular weight is 237 g/mol. The lowest BCUT2D eigenvalue weighted by Crippen LogP contribution is -2.27. The van der Waals surface area contributed by atoms with E-state index in [1.54, 1.807) is 13.8 Å². The molecule has 96 valence electrons. The molecule has 0 aliphatic heterocycles. The fourth-order valence-electron chi connectivity index (χ4n) is 1.41.